The molecule has 0 bridgehead atoms. The van der Waals surface area contributed by atoms with Crippen LogP contribution >= 0.6 is 11.8 Å². The Hall–Kier alpha value is -0.550. The van der Waals surface area contributed by atoms with Crippen molar-refractivity contribution in [1.82, 2.24) is 20.1 Å². The average Bonchev–Trinajstić information content (AvgIpc) is 3.26. The van der Waals surface area contributed by atoms with Crippen LogP contribution in [0, 0.1) is 0 Å². The van der Waals surface area contributed by atoms with Crippen LogP contribution < -0.4 is 5.32 Å². The van der Waals surface area contributed by atoms with Gasteiger partial charge in [-0.25, -0.2) is 0 Å². The Morgan fingerprint density at radius 3 is 2.53 bits per heavy atom. The number of rotatable bonds is 7. The van der Waals surface area contributed by atoms with Gasteiger partial charge >= 0.3 is 0 Å². The van der Waals surface area contributed by atoms with Crippen LogP contribution in [-0.2, 0) is 0 Å². The van der Waals surface area contributed by atoms with Crippen LogP contribution in [0.2, 0.25) is 0 Å². The molecule has 5 heteroatoms. The molecule has 1 unspecified atom stereocenters. The molecular formula is C14H24N4S. The van der Waals surface area contributed by atoms with Gasteiger partial charge in [-0.15, -0.1) is 10.2 Å². The van der Waals surface area contributed by atoms with E-state index >= 15 is 0 Å². The second-order valence-electron chi connectivity index (χ2n) is 6.21. The predicted molar refractivity (Wildman–Crippen MR) is 78.7 cm³/mol. The first-order valence-corrected chi connectivity index (χ1v) is 8.38. The molecule has 1 atom stereocenters. The lowest BCUT2D eigenvalue weighted by atomic mass is 10.3. The summed E-state index contributed by atoms with van der Waals surface area (Å²) in [5.41, 5.74) is 0. The highest BCUT2D eigenvalue weighted by Gasteiger charge is 2.36. The maximum atomic E-state index is 4.46. The summed E-state index contributed by atoms with van der Waals surface area (Å²) in [6.07, 6.45) is 5.23. The smallest absolute Gasteiger partial charge is 0.191 e. The van der Waals surface area contributed by atoms with Crippen LogP contribution in [-0.4, -0.2) is 32.6 Å². The monoisotopic (exact) mass is 280 g/mol. The molecule has 2 aliphatic rings. The summed E-state index contributed by atoms with van der Waals surface area (Å²) >= 11 is 1.87. The average molecular weight is 280 g/mol. The molecule has 1 aromatic heterocycles. The second-order valence-corrected chi connectivity index (χ2v) is 7.61. The van der Waals surface area contributed by atoms with Crippen molar-refractivity contribution in [2.24, 2.45) is 0 Å². The molecule has 2 saturated carbocycles. The minimum absolute atomic E-state index is 0.538. The summed E-state index contributed by atoms with van der Waals surface area (Å²) in [7, 11) is 0. The van der Waals surface area contributed by atoms with Crippen molar-refractivity contribution in [2.75, 3.05) is 6.54 Å². The Morgan fingerprint density at radius 1 is 1.21 bits per heavy atom. The Bertz CT molecular complexity index is 435. The van der Waals surface area contributed by atoms with Crippen molar-refractivity contribution < 1.29 is 0 Å². The van der Waals surface area contributed by atoms with E-state index in [2.05, 4.69) is 40.9 Å². The maximum absolute atomic E-state index is 4.46. The fourth-order valence-corrected chi connectivity index (χ4v) is 3.27. The standard InChI is InChI=1S/C14H24N4S/c1-9(2)15-8-10(3)19-14-17-16-13(11-4-5-11)18(14)12-6-7-12/h9-12,15H,4-8H2,1-3H3. The highest BCUT2D eigenvalue weighted by atomic mass is 32.2. The summed E-state index contributed by atoms with van der Waals surface area (Å²) in [6.45, 7) is 7.67. The molecule has 0 aromatic carbocycles. The summed E-state index contributed by atoms with van der Waals surface area (Å²) in [5.74, 6) is 1.96. The van der Waals surface area contributed by atoms with Crippen LogP contribution in [0.4, 0.5) is 0 Å². The van der Waals surface area contributed by atoms with Crippen molar-refractivity contribution in [2.45, 2.75) is 74.9 Å². The second kappa shape index (κ2) is 5.44. The molecule has 0 aliphatic heterocycles. The van der Waals surface area contributed by atoms with E-state index in [0.29, 0.717) is 23.3 Å². The van der Waals surface area contributed by atoms with Crippen LogP contribution in [0.5, 0.6) is 0 Å². The Morgan fingerprint density at radius 2 is 1.95 bits per heavy atom. The normalized spacial score (nSPS) is 21.1. The van der Waals surface area contributed by atoms with Crippen molar-refractivity contribution in [1.29, 1.82) is 0 Å². The third-order valence-corrected chi connectivity index (χ3v) is 4.72. The van der Waals surface area contributed by atoms with Crippen LogP contribution in [0.15, 0.2) is 5.16 Å². The highest BCUT2D eigenvalue weighted by molar-refractivity contribution is 7.99. The van der Waals surface area contributed by atoms with Gasteiger partial charge in [0.2, 0.25) is 0 Å². The number of nitrogens with zero attached hydrogens (tertiary/aromatic N) is 3. The van der Waals surface area contributed by atoms with Gasteiger partial charge in [-0.2, -0.15) is 0 Å². The Kier molecular flexibility index (Phi) is 3.85. The largest absolute Gasteiger partial charge is 0.313 e. The zero-order valence-corrected chi connectivity index (χ0v) is 12.9. The highest BCUT2D eigenvalue weighted by Crippen LogP contribution is 2.46. The van der Waals surface area contributed by atoms with E-state index in [9.17, 15) is 0 Å². The summed E-state index contributed by atoms with van der Waals surface area (Å²) < 4.78 is 2.44. The van der Waals surface area contributed by atoms with Crippen molar-refractivity contribution in [3.05, 3.63) is 5.82 Å². The third kappa shape index (κ3) is 3.31. The van der Waals surface area contributed by atoms with E-state index in [1.807, 2.05) is 11.8 Å². The number of nitrogens with one attached hydrogen (secondary N) is 1. The van der Waals surface area contributed by atoms with Gasteiger partial charge < -0.3 is 9.88 Å². The van der Waals surface area contributed by atoms with E-state index < -0.39 is 0 Å². The summed E-state index contributed by atoms with van der Waals surface area (Å²) in [4.78, 5) is 0. The van der Waals surface area contributed by atoms with E-state index in [4.69, 9.17) is 0 Å². The third-order valence-electron chi connectivity index (χ3n) is 3.67. The molecule has 19 heavy (non-hydrogen) atoms. The number of hydrogen-bond donors (Lipinski definition) is 1. The van der Waals surface area contributed by atoms with Crippen LogP contribution in [0.1, 0.15) is 64.2 Å². The van der Waals surface area contributed by atoms with E-state index in [1.165, 1.54) is 31.5 Å². The molecular weight excluding hydrogens is 256 g/mol. The summed E-state index contributed by atoms with van der Waals surface area (Å²) in [5, 5.41) is 14.1. The van der Waals surface area contributed by atoms with Crippen molar-refractivity contribution in [3.63, 3.8) is 0 Å². The number of aromatic nitrogens is 3. The molecule has 0 saturated heterocycles. The van der Waals surface area contributed by atoms with Gasteiger partial charge in [0, 0.05) is 29.8 Å². The predicted octanol–water partition coefficient (Wildman–Crippen LogP) is 2.97. The first-order valence-electron chi connectivity index (χ1n) is 7.50. The van der Waals surface area contributed by atoms with Gasteiger partial charge in [0.25, 0.3) is 0 Å². The summed E-state index contributed by atoms with van der Waals surface area (Å²) in [6, 6.07) is 1.24. The zero-order valence-electron chi connectivity index (χ0n) is 12.1. The molecule has 2 fully saturated rings. The molecule has 4 nitrogen and oxygen atoms in total. The number of hydrogen-bond acceptors (Lipinski definition) is 4. The fourth-order valence-electron chi connectivity index (χ4n) is 2.29. The lowest BCUT2D eigenvalue weighted by Crippen LogP contribution is -2.29. The Labute approximate surface area is 119 Å². The van der Waals surface area contributed by atoms with Crippen LogP contribution in [0.25, 0.3) is 0 Å². The van der Waals surface area contributed by atoms with E-state index in [-0.39, 0.29) is 0 Å². The first-order chi connectivity index (χ1) is 9.15. The van der Waals surface area contributed by atoms with E-state index in [0.717, 1.165) is 11.7 Å². The zero-order chi connectivity index (χ0) is 13.4. The molecule has 3 rings (SSSR count). The molecule has 106 valence electrons. The quantitative estimate of drug-likeness (QED) is 0.780. The van der Waals surface area contributed by atoms with Gasteiger partial charge in [-0.1, -0.05) is 32.5 Å². The minimum Gasteiger partial charge on any atom is -0.313 e. The number of thioether (sulfide) groups is 1. The molecule has 0 radical (unpaired) electrons. The van der Waals surface area contributed by atoms with Gasteiger partial charge in [0.05, 0.1) is 0 Å². The molecule has 1 N–H and O–H groups in total. The maximum Gasteiger partial charge on any atom is 0.191 e. The molecule has 2 aliphatic carbocycles. The topological polar surface area (TPSA) is 42.7 Å². The van der Waals surface area contributed by atoms with Gasteiger partial charge in [-0.05, 0) is 25.7 Å². The Balaban J connectivity index is 1.66. The lowest BCUT2D eigenvalue weighted by molar-refractivity contribution is 0.585. The van der Waals surface area contributed by atoms with Gasteiger partial charge in [0.1, 0.15) is 5.82 Å². The van der Waals surface area contributed by atoms with Crippen LogP contribution in [0.3, 0.4) is 0 Å². The molecule has 0 amide bonds. The molecule has 0 spiro atoms. The lowest BCUT2D eigenvalue weighted by Gasteiger charge is -2.15. The minimum atomic E-state index is 0.538. The van der Waals surface area contributed by atoms with Crippen molar-refractivity contribution in [3.8, 4) is 0 Å². The first kappa shape index (κ1) is 13.4. The van der Waals surface area contributed by atoms with Crippen molar-refractivity contribution >= 4 is 11.8 Å². The van der Waals surface area contributed by atoms with Gasteiger partial charge in [-0.3, -0.25) is 0 Å². The molecule has 1 heterocycles. The fraction of sp³-hybridized carbons (Fsp3) is 0.857. The molecule has 1 aromatic rings. The van der Waals surface area contributed by atoms with E-state index in [1.54, 1.807) is 0 Å². The van der Waals surface area contributed by atoms with Gasteiger partial charge in [0.15, 0.2) is 5.16 Å². The SMILES string of the molecule is CC(C)NCC(C)Sc1nnc(C2CC2)n1C1CC1.